The zero-order valence-corrected chi connectivity index (χ0v) is 13.2. The molecule has 0 saturated carbocycles. The van der Waals surface area contributed by atoms with Crippen LogP contribution in [0.1, 0.15) is 16.7 Å². The smallest absolute Gasteiger partial charge is 0.228 e. The molecular weight excluding hydrogens is 349 g/mol. The SMILES string of the molecule is Cc1ccc(CC(=O)Nc2ccc(I)cc2)c(C)c1. The number of carbonyl (C=O) groups is 1. The van der Waals surface area contributed by atoms with Gasteiger partial charge in [-0.05, 0) is 71.8 Å². The van der Waals surface area contributed by atoms with E-state index in [1.54, 1.807) is 0 Å². The molecule has 0 aromatic heterocycles. The molecule has 0 heterocycles. The first-order chi connectivity index (χ1) is 9.04. The Morgan fingerprint density at radius 1 is 1.11 bits per heavy atom. The van der Waals surface area contributed by atoms with Crippen LogP contribution < -0.4 is 5.32 Å². The maximum Gasteiger partial charge on any atom is 0.228 e. The van der Waals surface area contributed by atoms with Crippen LogP contribution >= 0.6 is 22.6 Å². The van der Waals surface area contributed by atoms with Crippen molar-refractivity contribution in [1.82, 2.24) is 0 Å². The third kappa shape index (κ3) is 4.06. The van der Waals surface area contributed by atoms with Gasteiger partial charge in [0.1, 0.15) is 0 Å². The largest absolute Gasteiger partial charge is 0.326 e. The van der Waals surface area contributed by atoms with E-state index in [0.29, 0.717) is 6.42 Å². The molecule has 0 aliphatic heterocycles. The molecular formula is C16H16INO. The lowest BCUT2D eigenvalue weighted by molar-refractivity contribution is -0.115. The Hall–Kier alpha value is -1.36. The number of hydrogen-bond acceptors (Lipinski definition) is 1. The van der Waals surface area contributed by atoms with E-state index >= 15 is 0 Å². The summed E-state index contributed by atoms with van der Waals surface area (Å²) in [5, 5.41) is 2.92. The average Bonchev–Trinajstić information content (AvgIpc) is 2.36. The predicted molar refractivity (Wildman–Crippen MR) is 87.4 cm³/mol. The third-order valence-corrected chi connectivity index (χ3v) is 3.70. The Kier molecular flexibility index (Phi) is 4.58. The van der Waals surface area contributed by atoms with Gasteiger partial charge in [0, 0.05) is 9.26 Å². The summed E-state index contributed by atoms with van der Waals surface area (Å²) >= 11 is 2.24. The van der Waals surface area contributed by atoms with Crippen LogP contribution in [-0.4, -0.2) is 5.91 Å². The summed E-state index contributed by atoms with van der Waals surface area (Å²) in [4.78, 5) is 12.0. The van der Waals surface area contributed by atoms with Crippen LogP contribution in [0.25, 0.3) is 0 Å². The predicted octanol–water partition coefficient (Wildman–Crippen LogP) is 4.09. The normalized spacial score (nSPS) is 10.3. The van der Waals surface area contributed by atoms with E-state index in [0.717, 1.165) is 20.4 Å². The van der Waals surface area contributed by atoms with E-state index in [-0.39, 0.29) is 5.91 Å². The fourth-order valence-electron chi connectivity index (χ4n) is 1.96. The summed E-state index contributed by atoms with van der Waals surface area (Å²) in [6.45, 7) is 4.10. The number of benzene rings is 2. The average molecular weight is 365 g/mol. The van der Waals surface area contributed by atoms with Gasteiger partial charge in [-0.2, -0.15) is 0 Å². The Balaban J connectivity index is 2.03. The minimum absolute atomic E-state index is 0.0214. The quantitative estimate of drug-likeness (QED) is 0.816. The van der Waals surface area contributed by atoms with Crippen molar-refractivity contribution in [2.24, 2.45) is 0 Å². The summed E-state index contributed by atoms with van der Waals surface area (Å²) in [5.41, 5.74) is 4.31. The zero-order chi connectivity index (χ0) is 13.8. The minimum Gasteiger partial charge on any atom is -0.326 e. The van der Waals surface area contributed by atoms with Gasteiger partial charge in [0.15, 0.2) is 0 Å². The number of aryl methyl sites for hydroxylation is 2. The second-order valence-corrected chi connectivity index (χ2v) is 5.91. The van der Waals surface area contributed by atoms with E-state index < -0.39 is 0 Å². The van der Waals surface area contributed by atoms with Crippen molar-refractivity contribution >= 4 is 34.2 Å². The number of nitrogens with one attached hydrogen (secondary N) is 1. The van der Waals surface area contributed by atoms with Crippen molar-refractivity contribution in [2.75, 3.05) is 5.32 Å². The molecule has 0 radical (unpaired) electrons. The molecule has 19 heavy (non-hydrogen) atoms. The third-order valence-electron chi connectivity index (χ3n) is 2.98. The van der Waals surface area contributed by atoms with Crippen LogP contribution in [0.15, 0.2) is 42.5 Å². The highest BCUT2D eigenvalue weighted by atomic mass is 127. The second kappa shape index (κ2) is 6.19. The number of amides is 1. The topological polar surface area (TPSA) is 29.1 Å². The highest BCUT2D eigenvalue weighted by Crippen LogP contribution is 2.14. The van der Waals surface area contributed by atoms with Crippen molar-refractivity contribution in [1.29, 1.82) is 0 Å². The minimum atomic E-state index is 0.0214. The van der Waals surface area contributed by atoms with Crippen molar-refractivity contribution in [3.8, 4) is 0 Å². The molecule has 0 atom stereocenters. The summed E-state index contributed by atoms with van der Waals surface area (Å²) in [6, 6.07) is 14.0. The molecule has 0 fully saturated rings. The van der Waals surface area contributed by atoms with Crippen LogP contribution in [0.4, 0.5) is 5.69 Å². The molecule has 2 nitrogen and oxygen atoms in total. The maximum absolute atomic E-state index is 12.0. The molecule has 1 amide bonds. The summed E-state index contributed by atoms with van der Waals surface area (Å²) in [7, 11) is 0. The van der Waals surface area contributed by atoms with Crippen LogP contribution in [-0.2, 0) is 11.2 Å². The van der Waals surface area contributed by atoms with E-state index in [2.05, 4.69) is 40.9 Å². The van der Waals surface area contributed by atoms with E-state index in [1.165, 1.54) is 5.56 Å². The molecule has 2 aromatic rings. The highest BCUT2D eigenvalue weighted by Gasteiger charge is 2.06. The van der Waals surface area contributed by atoms with Crippen molar-refractivity contribution in [3.63, 3.8) is 0 Å². The highest BCUT2D eigenvalue weighted by molar-refractivity contribution is 14.1. The molecule has 1 N–H and O–H groups in total. The summed E-state index contributed by atoms with van der Waals surface area (Å²) < 4.78 is 1.16. The van der Waals surface area contributed by atoms with Gasteiger partial charge in [-0.15, -0.1) is 0 Å². The molecule has 0 spiro atoms. The van der Waals surface area contributed by atoms with Gasteiger partial charge in [0.05, 0.1) is 6.42 Å². The molecule has 98 valence electrons. The number of rotatable bonds is 3. The monoisotopic (exact) mass is 365 g/mol. The lowest BCUT2D eigenvalue weighted by Gasteiger charge is -2.08. The van der Waals surface area contributed by atoms with Crippen molar-refractivity contribution in [3.05, 3.63) is 62.7 Å². The van der Waals surface area contributed by atoms with E-state index in [9.17, 15) is 4.79 Å². The molecule has 3 heteroatoms. The van der Waals surface area contributed by atoms with E-state index in [1.807, 2.05) is 43.3 Å². The van der Waals surface area contributed by atoms with Gasteiger partial charge < -0.3 is 5.32 Å². The summed E-state index contributed by atoms with van der Waals surface area (Å²) in [5.74, 6) is 0.0214. The van der Waals surface area contributed by atoms with Gasteiger partial charge in [-0.3, -0.25) is 4.79 Å². The molecule has 0 bridgehead atoms. The maximum atomic E-state index is 12.0. The van der Waals surface area contributed by atoms with Gasteiger partial charge in [0.25, 0.3) is 0 Å². The Morgan fingerprint density at radius 3 is 2.42 bits per heavy atom. The molecule has 0 aliphatic carbocycles. The van der Waals surface area contributed by atoms with E-state index in [4.69, 9.17) is 0 Å². The number of anilines is 1. The number of hydrogen-bond donors (Lipinski definition) is 1. The molecule has 0 unspecified atom stereocenters. The number of halogens is 1. The van der Waals surface area contributed by atoms with Crippen LogP contribution in [0, 0.1) is 17.4 Å². The first-order valence-electron chi connectivity index (χ1n) is 6.16. The molecule has 0 saturated heterocycles. The fraction of sp³-hybridized carbons (Fsp3) is 0.188. The second-order valence-electron chi connectivity index (χ2n) is 4.66. The molecule has 2 rings (SSSR count). The fourth-order valence-corrected chi connectivity index (χ4v) is 2.32. The van der Waals surface area contributed by atoms with Crippen molar-refractivity contribution in [2.45, 2.75) is 20.3 Å². The Morgan fingerprint density at radius 2 is 1.79 bits per heavy atom. The van der Waals surface area contributed by atoms with Gasteiger partial charge >= 0.3 is 0 Å². The van der Waals surface area contributed by atoms with Gasteiger partial charge in [0.2, 0.25) is 5.91 Å². The molecule has 0 aliphatic rings. The Labute approximate surface area is 127 Å². The van der Waals surface area contributed by atoms with Crippen LogP contribution in [0.3, 0.4) is 0 Å². The standard InChI is InChI=1S/C16H16INO/c1-11-3-4-13(12(2)9-11)10-16(19)18-15-7-5-14(17)6-8-15/h3-9H,10H2,1-2H3,(H,18,19). The lowest BCUT2D eigenvalue weighted by Crippen LogP contribution is -2.15. The summed E-state index contributed by atoms with van der Waals surface area (Å²) in [6.07, 6.45) is 0.415. The van der Waals surface area contributed by atoms with Crippen LogP contribution in [0.5, 0.6) is 0 Å². The first kappa shape index (κ1) is 14.1. The number of carbonyl (C=O) groups excluding carboxylic acids is 1. The molecule has 2 aromatic carbocycles. The van der Waals surface area contributed by atoms with Crippen molar-refractivity contribution < 1.29 is 4.79 Å². The Bertz CT molecular complexity index is 590. The van der Waals surface area contributed by atoms with Gasteiger partial charge in [-0.25, -0.2) is 0 Å². The zero-order valence-electron chi connectivity index (χ0n) is 11.0. The lowest BCUT2D eigenvalue weighted by atomic mass is 10.0. The van der Waals surface area contributed by atoms with Crippen LogP contribution in [0.2, 0.25) is 0 Å². The van der Waals surface area contributed by atoms with Gasteiger partial charge in [-0.1, -0.05) is 23.8 Å². The first-order valence-corrected chi connectivity index (χ1v) is 7.24.